The Balaban J connectivity index is 1.70. The summed E-state index contributed by atoms with van der Waals surface area (Å²) in [5.74, 6) is 0.766. The Labute approximate surface area is 126 Å². The van der Waals surface area contributed by atoms with Crippen LogP contribution in [0.4, 0.5) is 5.82 Å². The van der Waals surface area contributed by atoms with Gasteiger partial charge in [-0.05, 0) is 20.3 Å². The SMILES string of the molecule is CCc1nc(CCNc2ncnc3onc(C)c23)sc1C. The monoisotopic (exact) mass is 303 g/mol. The first-order valence-electron chi connectivity index (χ1n) is 6.95. The van der Waals surface area contributed by atoms with Gasteiger partial charge in [0, 0.05) is 17.8 Å². The molecule has 0 atom stereocenters. The van der Waals surface area contributed by atoms with Crippen molar-refractivity contribution in [2.75, 3.05) is 11.9 Å². The summed E-state index contributed by atoms with van der Waals surface area (Å²) in [6.07, 6.45) is 3.35. The van der Waals surface area contributed by atoms with E-state index in [4.69, 9.17) is 4.52 Å². The highest BCUT2D eigenvalue weighted by Gasteiger charge is 2.12. The molecule has 0 radical (unpaired) electrons. The summed E-state index contributed by atoms with van der Waals surface area (Å²) in [5.41, 5.74) is 2.52. The first-order chi connectivity index (χ1) is 10.2. The average Bonchev–Trinajstić information content (AvgIpc) is 3.03. The van der Waals surface area contributed by atoms with E-state index in [0.29, 0.717) is 5.71 Å². The van der Waals surface area contributed by atoms with Gasteiger partial charge >= 0.3 is 0 Å². The molecule has 3 aromatic heterocycles. The number of hydrogen-bond donors (Lipinski definition) is 1. The molecule has 1 N–H and O–H groups in total. The van der Waals surface area contributed by atoms with E-state index in [0.717, 1.165) is 41.3 Å². The Morgan fingerprint density at radius 2 is 2.14 bits per heavy atom. The third-order valence-corrected chi connectivity index (χ3v) is 4.42. The fraction of sp³-hybridized carbons (Fsp3) is 0.429. The van der Waals surface area contributed by atoms with Crippen molar-refractivity contribution in [1.82, 2.24) is 20.1 Å². The highest BCUT2D eigenvalue weighted by Crippen LogP contribution is 2.23. The molecule has 6 nitrogen and oxygen atoms in total. The maximum absolute atomic E-state index is 5.14. The van der Waals surface area contributed by atoms with E-state index >= 15 is 0 Å². The van der Waals surface area contributed by atoms with Crippen LogP contribution in [0.1, 0.15) is 28.2 Å². The summed E-state index contributed by atoms with van der Waals surface area (Å²) in [4.78, 5) is 14.3. The summed E-state index contributed by atoms with van der Waals surface area (Å²) < 4.78 is 5.14. The highest BCUT2D eigenvalue weighted by molar-refractivity contribution is 7.11. The van der Waals surface area contributed by atoms with Gasteiger partial charge in [-0.25, -0.2) is 9.97 Å². The zero-order chi connectivity index (χ0) is 14.8. The van der Waals surface area contributed by atoms with Crippen molar-refractivity contribution in [2.24, 2.45) is 0 Å². The lowest BCUT2D eigenvalue weighted by Gasteiger charge is -2.04. The van der Waals surface area contributed by atoms with Crippen LogP contribution in [0.5, 0.6) is 0 Å². The smallest absolute Gasteiger partial charge is 0.263 e. The van der Waals surface area contributed by atoms with E-state index in [1.54, 1.807) is 11.3 Å². The molecular formula is C14H17N5OS. The lowest BCUT2D eigenvalue weighted by Crippen LogP contribution is -2.07. The molecule has 0 bridgehead atoms. The minimum atomic E-state index is 0.517. The standard InChI is InChI=1S/C14H17N5OS/c1-4-10-9(3)21-11(18-10)5-6-15-13-12-8(2)19-20-14(12)17-7-16-13/h7H,4-6H2,1-3H3,(H,15,16,17). The molecule has 3 rings (SSSR count). The molecule has 0 saturated heterocycles. The first-order valence-corrected chi connectivity index (χ1v) is 7.76. The third kappa shape index (κ3) is 2.73. The van der Waals surface area contributed by atoms with Gasteiger partial charge in [-0.3, -0.25) is 0 Å². The van der Waals surface area contributed by atoms with Crippen molar-refractivity contribution >= 4 is 28.3 Å². The summed E-state index contributed by atoms with van der Waals surface area (Å²) in [6.45, 7) is 6.92. The predicted molar refractivity (Wildman–Crippen MR) is 82.8 cm³/mol. The molecule has 21 heavy (non-hydrogen) atoms. The highest BCUT2D eigenvalue weighted by atomic mass is 32.1. The summed E-state index contributed by atoms with van der Waals surface area (Å²) in [6, 6.07) is 0. The Bertz CT molecular complexity index is 764. The molecule has 0 aliphatic heterocycles. The minimum absolute atomic E-state index is 0.517. The van der Waals surface area contributed by atoms with Crippen LogP contribution in [-0.2, 0) is 12.8 Å². The lowest BCUT2D eigenvalue weighted by molar-refractivity contribution is 0.442. The largest absolute Gasteiger partial charge is 0.369 e. The number of nitrogens with zero attached hydrogens (tertiary/aromatic N) is 4. The molecule has 0 aliphatic carbocycles. The van der Waals surface area contributed by atoms with Crippen molar-refractivity contribution in [3.8, 4) is 0 Å². The van der Waals surface area contributed by atoms with Crippen LogP contribution in [-0.4, -0.2) is 26.7 Å². The summed E-state index contributed by atoms with van der Waals surface area (Å²) >= 11 is 1.77. The Hall–Kier alpha value is -2.02. The number of aromatic nitrogens is 4. The van der Waals surface area contributed by atoms with Crippen molar-refractivity contribution < 1.29 is 4.52 Å². The van der Waals surface area contributed by atoms with Gasteiger partial charge in [0.05, 0.1) is 16.4 Å². The van der Waals surface area contributed by atoms with Crippen molar-refractivity contribution in [3.05, 3.63) is 27.6 Å². The van der Waals surface area contributed by atoms with Crippen LogP contribution in [0.25, 0.3) is 11.1 Å². The van der Waals surface area contributed by atoms with Gasteiger partial charge in [-0.1, -0.05) is 12.1 Å². The van der Waals surface area contributed by atoms with E-state index < -0.39 is 0 Å². The fourth-order valence-electron chi connectivity index (χ4n) is 2.27. The molecule has 110 valence electrons. The molecule has 0 spiro atoms. The normalized spacial score (nSPS) is 11.2. The first kappa shape index (κ1) is 13.9. The van der Waals surface area contributed by atoms with E-state index in [1.807, 2.05) is 6.92 Å². The Kier molecular flexibility index (Phi) is 3.83. The van der Waals surface area contributed by atoms with Gasteiger partial charge < -0.3 is 9.84 Å². The second-order valence-electron chi connectivity index (χ2n) is 4.81. The summed E-state index contributed by atoms with van der Waals surface area (Å²) in [7, 11) is 0. The molecule has 7 heteroatoms. The van der Waals surface area contributed by atoms with E-state index in [2.05, 4.69) is 39.3 Å². The van der Waals surface area contributed by atoms with Gasteiger partial charge in [0.1, 0.15) is 17.5 Å². The number of hydrogen-bond acceptors (Lipinski definition) is 7. The van der Waals surface area contributed by atoms with E-state index in [9.17, 15) is 0 Å². The lowest BCUT2D eigenvalue weighted by atomic mass is 10.3. The summed E-state index contributed by atoms with van der Waals surface area (Å²) in [5, 5.41) is 9.25. The second kappa shape index (κ2) is 5.77. The van der Waals surface area contributed by atoms with Gasteiger partial charge in [0.25, 0.3) is 5.71 Å². The number of fused-ring (bicyclic) bond motifs is 1. The maximum Gasteiger partial charge on any atom is 0.263 e. The van der Waals surface area contributed by atoms with E-state index in [1.165, 1.54) is 16.9 Å². The van der Waals surface area contributed by atoms with Crippen LogP contribution in [0.15, 0.2) is 10.9 Å². The third-order valence-electron chi connectivity index (χ3n) is 3.35. The topological polar surface area (TPSA) is 76.7 Å². The number of nitrogens with one attached hydrogen (secondary N) is 1. The van der Waals surface area contributed by atoms with Crippen LogP contribution in [0.2, 0.25) is 0 Å². The van der Waals surface area contributed by atoms with Crippen molar-refractivity contribution in [3.63, 3.8) is 0 Å². The van der Waals surface area contributed by atoms with Crippen molar-refractivity contribution in [1.29, 1.82) is 0 Å². The van der Waals surface area contributed by atoms with Crippen LogP contribution in [0.3, 0.4) is 0 Å². The maximum atomic E-state index is 5.14. The second-order valence-corrected chi connectivity index (χ2v) is 6.10. The number of thiazole rings is 1. The molecule has 0 aromatic carbocycles. The van der Waals surface area contributed by atoms with Crippen molar-refractivity contribution in [2.45, 2.75) is 33.6 Å². The Morgan fingerprint density at radius 1 is 1.29 bits per heavy atom. The quantitative estimate of drug-likeness (QED) is 0.781. The van der Waals surface area contributed by atoms with Gasteiger partial charge in [-0.15, -0.1) is 11.3 Å². The predicted octanol–water partition coefficient (Wildman–Crippen LogP) is 2.91. The zero-order valence-corrected chi connectivity index (χ0v) is 13.1. The van der Waals surface area contributed by atoms with Gasteiger partial charge in [0.2, 0.25) is 0 Å². The molecule has 0 saturated carbocycles. The van der Waals surface area contributed by atoms with Crippen LogP contribution >= 0.6 is 11.3 Å². The fourth-order valence-corrected chi connectivity index (χ4v) is 3.29. The molecule has 0 aliphatic rings. The van der Waals surface area contributed by atoms with Gasteiger partial charge in [-0.2, -0.15) is 4.98 Å². The van der Waals surface area contributed by atoms with Crippen LogP contribution in [0, 0.1) is 13.8 Å². The molecule has 3 aromatic rings. The molecule has 0 fully saturated rings. The van der Waals surface area contributed by atoms with Crippen LogP contribution < -0.4 is 5.32 Å². The van der Waals surface area contributed by atoms with E-state index in [-0.39, 0.29) is 0 Å². The zero-order valence-electron chi connectivity index (χ0n) is 12.3. The molecule has 0 unspecified atom stereocenters. The average molecular weight is 303 g/mol. The molecule has 0 amide bonds. The number of aryl methyl sites for hydroxylation is 3. The molecular weight excluding hydrogens is 286 g/mol. The number of rotatable bonds is 5. The molecule has 3 heterocycles. The minimum Gasteiger partial charge on any atom is -0.369 e. The Morgan fingerprint density at radius 3 is 2.90 bits per heavy atom. The number of anilines is 1. The van der Waals surface area contributed by atoms with Gasteiger partial charge in [0.15, 0.2) is 0 Å².